The minimum Gasteiger partial charge on any atom is -0.497 e. The first-order valence-electron chi connectivity index (χ1n) is 13.3. The molecule has 0 spiro atoms. The topological polar surface area (TPSA) is 89.9 Å². The lowest BCUT2D eigenvalue weighted by Gasteiger charge is -2.44. The number of carbonyl (C=O) groups is 1. The van der Waals surface area contributed by atoms with Gasteiger partial charge in [-0.15, -0.1) is 0 Å². The second-order valence-electron chi connectivity index (χ2n) is 9.62. The van der Waals surface area contributed by atoms with Gasteiger partial charge in [0.15, 0.2) is 0 Å². The molecule has 3 aromatic rings. The number of aliphatic hydroxyl groups excluding tert-OH is 1. The Kier molecular flexibility index (Phi) is 10.1. The van der Waals surface area contributed by atoms with Crippen molar-refractivity contribution < 1.29 is 33.6 Å². The average molecular weight is 551 g/mol. The summed E-state index contributed by atoms with van der Waals surface area (Å²) < 4.78 is 27.8. The van der Waals surface area contributed by atoms with Gasteiger partial charge < -0.3 is 28.8 Å². The van der Waals surface area contributed by atoms with Gasteiger partial charge in [0.25, 0.3) is 0 Å². The minimum absolute atomic E-state index is 0.150. The van der Waals surface area contributed by atoms with E-state index in [0.29, 0.717) is 55.5 Å². The smallest absolute Gasteiger partial charge is 0.411 e. The molecule has 214 valence electrons. The Morgan fingerprint density at radius 2 is 1.43 bits per heavy atom. The third kappa shape index (κ3) is 6.97. The Balaban J connectivity index is 1.68. The lowest BCUT2D eigenvalue weighted by molar-refractivity contribution is -0.0754. The largest absolute Gasteiger partial charge is 0.497 e. The predicted molar refractivity (Wildman–Crippen MR) is 151 cm³/mol. The Labute approximate surface area is 235 Å². The van der Waals surface area contributed by atoms with Gasteiger partial charge in [-0.3, -0.25) is 9.80 Å². The molecule has 1 fully saturated rings. The molecule has 9 nitrogen and oxygen atoms in total. The van der Waals surface area contributed by atoms with Crippen molar-refractivity contribution in [3.8, 4) is 23.0 Å². The van der Waals surface area contributed by atoms with Crippen molar-refractivity contribution in [1.29, 1.82) is 0 Å². The fourth-order valence-corrected chi connectivity index (χ4v) is 5.05. The second-order valence-corrected chi connectivity index (χ2v) is 9.62. The number of carbonyl (C=O) groups excluding carboxylic acids is 1. The number of nitrogens with zero attached hydrogens (tertiary/aromatic N) is 2. The molecule has 1 N–H and O–H groups in total. The lowest BCUT2D eigenvalue weighted by atomic mass is 10.0. The Hall–Kier alpha value is -3.95. The maximum atomic E-state index is 13.4. The molecule has 0 bridgehead atoms. The standard InChI is InChI=1S/C31H38N2O7/c1-36-25-14-12-23(28(17-25)38-3)19-32(20-24-13-15-26(37-2)18-29(24)39-4)30-27(34)11-8-16-33(30)31(35)40-21-22-9-6-5-7-10-22/h5-7,9-10,12-15,17-18,27,30,34H,8,11,16,19-21H2,1-4H3. The fraction of sp³-hybridized carbons (Fsp3) is 0.387. The number of amides is 1. The number of rotatable bonds is 11. The van der Waals surface area contributed by atoms with Crippen molar-refractivity contribution >= 4 is 6.09 Å². The van der Waals surface area contributed by atoms with Crippen LogP contribution in [0.3, 0.4) is 0 Å². The summed E-state index contributed by atoms with van der Waals surface area (Å²) in [6, 6.07) is 20.8. The highest BCUT2D eigenvalue weighted by Crippen LogP contribution is 2.33. The Morgan fingerprint density at radius 3 is 1.95 bits per heavy atom. The van der Waals surface area contributed by atoms with Crippen LogP contribution in [-0.4, -0.2) is 68.3 Å². The van der Waals surface area contributed by atoms with Crippen LogP contribution in [0, 0.1) is 0 Å². The zero-order valence-corrected chi connectivity index (χ0v) is 23.5. The van der Waals surface area contributed by atoms with Gasteiger partial charge >= 0.3 is 6.09 Å². The summed E-state index contributed by atoms with van der Waals surface area (Å²) >= 11 is 0. The van der Waals surface area contributed by atoms with Crippen LogP contribution in [0.1, 0.15) is 29.5 Å². The maximum absolute atomic E-state index is 13.4. The molecular weight excluding hydrogens is 512 g/mol. The highest BCUT2D eigenvalue weighted by atomic mass is 16.6. The van der Waals surface area contributed by atoms with Crippen LogP contribution < -0.4 is 18.9 Å². The molecule has 1 saturated heterocycles. The van der Waals surface area contributed by atoms with E-state index in [9.17, 15) is 9.90 Å². The van der Waals surface area contributed by atoms with Crippen LogP contribution >= 0.6 is 0 Å². The zero-order valence-electron chi connectivity index (χ0n) is 23.5. The van der Waals surface area contributed by atoms with Gasteiger partial charge in [-0.05, 0) is 30.5 Å². The lowest BCUT2D eigenvalue weighted by Crippen LogP contribution is -2.59. The summed E-state index contributed by atoms with van der Waals surface area (Å²) in [5.74, 6) is 2.64. The van der Waals surface area contributed by atoms with E-state index in [2.05, 4.69) is 4.90 Å². The summed E-state index contributed by atoms with van der Waals surface area (Å²) in [7, 11) is 6.43. The van der Waals surface area contributed by atoms with E-state index in [0.717, 1.165) is 16.7 Å². The van der Waals surface area contributed by atoms with E-state index in [1.54, 1.807) is 33.3 Å². The van der Waals surface area contributed by atoms with Gasteiger partial charge in [-0.25, -0.2) is 4.79 Å². The number of piperidine rings is 1. The number of ether oxygens (including phenoxy) is 5. The Morgan fingerprint density at radius 1 is 0.850 bits per heavy atom. The van der Waals surface area contributed by atoms with Gasteiger partial charge in [-0.1, -0.05) is 42.5 Å². The summed E-state index contributed by atoms with van der Waals surface area (Å²) in [6.07, 6.45) is -0.671. The van der Waals surface area contributed by atoms with Crippen LogP contribution in [0.2, 0.25) is 0 Å². The number of methoxy groups -OCH3 is 4. The average Bonchev–Trinajstić information content (AvgIpc) is 3.00. The molecule has 1 heterocycles. The van der Waals surface area contributed by atoms with E-state index in [1.807, 2.05) is 66.7 Å². The minimum atomic E-state index is -0.786. The van der Waals surface area contributed by atoms with Gasteiger partial charge in [0.1, 0.15) is 35.8 Å². The van der Waals surface area contributed by atoms with E-state index >= 15 is 0 Å². The summed E-state index contributed by atoms with van der Waals surface area (Å²) in [5.41, 5.74) is 2.66. The van der Waals surface area contributed by atoms with Gasteiger partial charge in [0, 0.05) is 42.9 Å². The quantitative estimate of drug-likeness (QED) is 0.363. The van der Waals surface area contributed by atoms with Crippen molar-refractivity contribution in [1.82, 2.24) is 9.80 Å². The van der Waals surface area contributed by atoms with E-state index in [4.69, 9.17) is 23.7 Å². The molecule has 1 aliphatic rings. The molecule has 1 amide bonds. The third-order valence-electron chi connectivity index (χ3n) is 7.11. The molecule has 4 rings (SSSR count). The van der Waals surface area contributed by atoms with Crippen LogP contribution in [0.15, 0.2) is 66.7 Å². The highest BCUT2D eigenvalue weighted by molar-refractivity contribution is 5.68. The second kappa shape index (κ2) is 13.9. The molecule has 3 aromatic carbocycles. The molecule has 9 heteroatoms. The number of benzene rings is 3. The maximum Gasteiger partial charge on any atom is 0.411 e. The van der Waals surface area contributed by atoms with Crippen molar-refractivity contribution in [2.75, 3.05) is 35.0 Å². The molecular formula is C31H38N2O7. The number of likely N-dealkylation sites (tertiary alicyclic amines) is 1. The van der Waals surface area contributed by atoms with Gasteiger partial charge in [0.2, 0.25) is 0 Å². The number of hydrogen-bond donors (Lipinski definition) is 1. The van der Waals surface area contributed by atoms with Crippen molar-refractivity contribution in [2.45, 2.75) is 44.8 Å². The molecule has 0 aliphatic carbocycles. The SMILES string of the molecule is COc1ccc(CN(Cc2ccc(OC)cc2OC)C2C(O)CCCN2C(=O)OCc2ccccc2)c(OC)c1. The van der Waals surface area contributed by atoms with Crippen LogP contribution in [0.4, 0.5) is 4.79 Å². The fourth-order valence-electron chi connectivity index (χ4n) is 5.05. The van der Waals surface area contributed by atoms with E-state index < -0.39 is 18.4 Å². The van der Waals surface area contributed by atoms with Gasteiger partial charge in [-0.2, -0.15) is 0 Å². The third-order valence-corrected chi connectivity index (χ3v) is 7.11. The molecule has 0 saturated carbocycles. The molecule has 1 aliphatic heterocycles. The molecule has 0 aromatic heterocycles. The predicted octanol–water partition coefficient (Wildman–Crippen LogP) is 4.84. The van der Waals surface area contributed by atoms with Gasteiger partial charge in [0.05, 0.1) is 34.5 Å². The highest BCUT2D eigenvalue weighted by Gasteiger charge is 2.39. The zero-order chi connectivity index (χ0) is 28.5. The van der Waals surface area contributed by atoms with Crippen molar-refractivity contribution in [2.24, 2.45) is 0 Å². The van der Waals surface area contributed by atoms with Crippen molar-refractivity contribution in [3.63, 3.8) is 0 Å². The number of aliphatic hydroxyl groups is 1. The first-order chi connectivity index (χ1) is 19.5. The van der Waals surface area contributed by atoms with E-state index in [1.165, 1.54) is 0 Å². The summed E-state index contributed by atoms with van der Waals surface area (Å²) in [6.45, 7) is 1.38. The monoisotopic (exact) mass is 550 g/mol. The number of hydrogen-bond acceptors (Lipinski definition) is 8. The molecule has 40 heavy (non-hydrogen) atoms. The van der Waals surface area contributed by atoms with Crippen LogP contribution in [0.25, 0.3) is 0 Å². The summed E-state index contributed by atoms with van der Waals surface area (Å²) in [4.78, 5) is 17.1. The van der Waals surface area contributed by atoms with E-state index in [-0.39, 0.29) is 6.61 Å². The van der Waals surface area contributed by atoms with Crippen LogP contribution in [0.5, 0.6) is 23.0 Å². The Bertz CT molecular complexity index is 1200. The first-order valence-corrected chi connectivity index (χ1v) is 13.3. The molecule has 2 atom stereocenters. The normalized spacial score (nSPS) is 16.9. The molecule has 2 unspecified atom stereocenters. The summed E-state index contributed by atoms with van der Waals surface area (Å²) in [5, 5.41) is 11.3. The van der Waals surface area contributed by atoms with Crippen molar-refractivity contribution in [3.05, 3.63) is 83.4 Å². The molecule has 0 radical (unpaired) electrons. The van der Waals surface area contributed by atoms with Crippen LogP contribution in [-0.2, 0) is 24.4 Å². The first kappa shape index (κ1) is 29.0.